The van der Waals surface area contributed by atoms with Crippen LogP contribution in [0.25, 0.3) is 5.70 Å². The maximum atomic E-state index is 12.9. The lowest BCUT2D eigenvalue weighted by Crippen LogP contribution is -2.34. The summed E-state index contributed by atoms with van der Waals surface area (Å²) in [5.74, 6) is 0. The highest BCUT2D eigenvalue weighted by atomic mass is 32.2. The second kappa shape index (κ2) is 5.90. The fourth-order valence-electron chi connectivity index (χ4n) is 2.41. The molecule has 1 aliphatic heterocycles. The van der Waals surface area contributed by atoms with E-state index in [1.54, 1.807) is 23.4 Å². The fraction of sp³-hybridized carbons (Fsp3) is 0.188. The molecule has 0 saturated heterocycles. The van der Waals surface area contributed by atoms with Crippen LogP contribution in [0.5, 0.6) is 0 Å². The van der Waals surface area contributed by atoms with Crippen molar-refractivity contribution in [1.82, 2.24) is 4.98 Å². The largest absolute Gasteiger partial charge is 0.416 e. The van der Waals surface area contributed by atoms with Gasteiger partial charge in [0, 0.05) is 23.6 Å². The van der Waals surface area contributed by atoms with E-state index < -0.39 is 17.2 Å². The van der Waals surface area contributed by atoms with Crippen LogP contribution in [-0.2, 0) is 6.18 Å². The van der Waals surface area contributed by atoms with Crippen molar-refractivity contribution >= 4 is 23.1 Å². The molecule has 0 spiro atoms. The Balaban J connectivity index is 2.02. The number of nitrogens with two attached hydrogens (primary N) is 1. The van der Waals surface area contributed by atoms with Crippen molar-refractivity contribution in [1.29, 1.82) is 0 Å². The molecule has 2 N–H and O–H groups in total. The molecule has 1 aliphatic rings. The zero-order valence-corrected chi connectivity index (χ0v) is 13.0. The summed E-state index contributed by atoms with van der Waals surface area (Å²) in [6.07, 6.45) is -0.986. The van der Waals surface area contributed by atoms with Crippen molar-refractivity contribution in [2.24, 2.45) is 5.73 Å². The molecule has 3 rings (SSSR count). The smallest absolute Gasteiger partial charge is 0.315 e. The van der Waals surface area contributed by atoms with Crippen LogP contribution in [0.4, 0.5) is 18.9 Å². The van der Waals surface area contributed by atoms with Crippen LogP contribution in [0, 0.1) is 6.92 Å². The van der Waals surface area contributed by atoms with E-state index in [9.17, 15) is 13.2 Å². The Morgan fingerprint density at radius 2 is 2.00 bits per heavy atom. The van der Waals surface area contributed by atoms with Gasteiger partial charge in [0.2, 0.25) is 0 Å². The molecule has 0 radical (unpaired) electrons. The first kappa shape index (κ1) is 15.9. The molecular formula is C16H14F3N3S. The Kier molecular flexibility index (Phi) is 4.08. The molecule has 0 aliphatic carbocycles. The second-order valence-corrected chi connectivity index (χ2v) is 6.19. The van der Waals surface area contributed by atoms with E-state index in [-0.39, 0.29) is 0 Å². The Hall–Kier alpha value is -1.99. The molecular weight excluding hydrogens is 323 g/mol. The standard InChI is InChI=1S/C16H14F3N3S/c1-10-5-11(8-21-7-10)14-9-23-15(20)22(14)13-4-2-3-12(6-13)16(17,18)19/h2-9,15H,20H2,1H3. The summed E-state index contributed by atoms with van der Waals surface area (Å²) in [5.41, 5.74) is 7.85. The van der Waals surface area contributed by atoms with Crippen molar-refractivity contribution < 1.29 is 13.2 Å². The van der Waals surface area contributed by atoms with Crippen LogP contribution in [0.1, 0.15) is 16.7 Å². The maximum absolute atomic E-state index is 12.9. The van der Waals surface area contributed by atoms with Gasteiger partial charge in [-0.3, -0.25) is 4.98 Å². The third-order valence-corrected chi connectivity index (χ3v) is 4.30. The normalized spacial score (nSPS) is 18.2. The van der Waals surface area contributed by atoms with Gasteiger partial charge in [-0.15, -0.1) is 0 Å². The first-order valence-electron chi connectivity index (χ1n) is 6.86. The molecule has 2 aromatic rings. The number of benzene rings is 1. The van der Waals surface area contributed by atoms with Crippen LogP contribution in [0.15, 0.2) is 48.1 Å². The van der Waals surface area contributed by atoms with Crippen LogP contribution in [0.3, 0.4) is 0 Å². The van der Waals surface area contributed by atoms with Crippen molar-refractivity contribution in [3.63, 3.8) is 0 Å². The van der Waals surface area contributed by atoms with E-state index in [2.05, 4.69) is 4.98 Å². The lowest BCUT2D eigenvalue weighted by molar-refractivity contribution is -0.137. The number of hydrogen-bond acceptors (Lipinski definition) is 4. The fourth-order valence-corrected chi connectivity index (χ4v) is 3.28. The number of halogens is 3. The topological polar surface area (TPSA) is 42.1 Å². The molecule has 3 nitrogen and oxygen atoms in total. The summed E-state index contributed by atoms with van der Waals surface area (Å²) in [4.78, 5) is 5.83. The minimum absolute atomic E-state index is 0.407. The molecule has 120 valence electrons. The van der Waals surface area contributed by atoms with E-state index in [1.807, 2.05) is 18.4 Å². The van der Waals surface area contributed by atoms with Crippen LogP contribution < -0.4 is 10.6 Å². The molecule has 7 heteroatoms. The number of alkyl halides is 3. The lowest BCUT2D eigenvalue weighted by Gasteiger charge is -2.27. The quantitative estimate of drug-likeness (QED) is 0.892. The Morgan fingerprint density at radius 3 is 2.70 bits per heavy atom. The second-order valence-electron chi connectivity index (χ2n) is 5.20. The number of rotatable bonds is 2. The zero-order chi connectivity index (χ0) is 16.6. The third kappa shape index (κ3) is 3.20. The summed E-state index contributed by atoms with van der Waals surface area (Å²) in [7, 11) is 0. The minimum atomic E-state index is -4.39. The molecule has 0 saturated carbocycles. The number of hydrogen-bond donors (Lipinski definition) is 1. The molecule has 1 aromatic heterocycles. The molecule has 0 amide bonds. The number of aryl methyl sites for hydroxylation is 1. The van der Waals surface area contributed by atoms with Crippen molar-refractivity contribution in [3.05, 3.63) is 64.8 Å². The van der Waals surface area contributed by atoms with Gasteiger partial charge in [0.25, 0.3) is 0 Å². The van der Waals surface area contributed by atoms with Gasteiger partial charge in [0.05, 0.1) is 11.3 Å². The first-order chi connectivity index (χ1) is 10.9. The summed E-state index contributed by atoms with van der Waals surface area (Å²) in [6.45, 7) is 1.91. The zero-order valence-electron chi connectivity index (χ0n) is 12.2. The number of nitrogens with zero attached hydrogens (tertiary/aromatic N) is 2. The Morgan fingerprint density at radius 1 is 1.22 bits per heavy atom. The van der Waals surface area contributed by atoms with Crippen LogP contribution in [-0.4, -0.2) is 10.5 Å². The van der Waals surface area contributed by atoms with E-state index in [1.165, 1.54) is 17.8 Å². The highest BCUT2D eigenvalue weighted by Crippen LogP contribution is 2.40. The van der Waals surface area contributed by atoms with Gasteiger partial charge in [-0.05, 0) is 42.2 Å². The van der Waals surface area contributed by atoms with Gasteiger partial charge in [-0.2, -0.15) is 13.2 Å². The van der Waals surface area contributed by atoms with Gasteiger partial charge >= 0.3 is 6.18 Å². The van der Waals surface area contributed by atoms with E-state index in [0.29, 0.717) is 5.69 Å². The summed E-state index contributed by atoms with van der Waals surface area (Å²) < 4.78 is 38.8. The molecule has 1 unspecified atom stereocenters. The number of aromatic nitrogens is 1. The lowest BCUT2D eigenvalue weighted by atomic mass is 10.1. The van der Waals surface area contributed by atoms with Crippen LogP contribution >= 0.6 is 11.8 Å². The first-order valence-corrected chi connectivity index (χ1v) is 7.80. The van der Waals surface area contributed by atoms with Crippen molar-refractivity contribution in [3.8, 4) is 0 Å². The van der Waals surface area contributed by atoms with Crippen LogP contribution in [0.2, 0.25) is 0 Å². The SMILES string of the molecule is Cc1cncc(C2=CSC(N)N2c2cccc(C(F)(F)F)c2)c1. The Labute approximate surface area is 136 Å². The van der Waals surface area contributed by atoms with Gasteiger partial charge in [-0.25, -0.2) is 0 Å². The predicted octanol–water partition coefficient (Wildman–Crippen LogP) is 4.20. The summed E-state index contributed by atoms with van der Waals surface area (Å²) in [6, 6.07) is 7.11. The maximum Gasteiger partial charge on any atom is 0.416 e. The molecule has 2 heterocycles. The monoisotopic (exact) mass is 337 g/mol. The molecule has 0 bridgehead atoms. The van der Waals surface area contributed by atoms with Crippen molar-refractivity contribution in [2.45, 2.75) is 18.6 Å². The van der Waals surface area contributed by atoms with E-state index in [4.69, 9.17) is 5.73 Å². The number of pyridine rings is 1. The van der Waals surface area contributed by atoms with Gasteiger partial charge in [-0.1, -0.05) is 17.8 Å². The van der Waals surface area contributed by atoms with E-state index >= 15 is 0 Å². The molecule has 0 fully saturated rings. The minimum Gasteiger partial charge on any atom is -0.315 e. The molecule has 1 atom stereocenters. The number of anilines is 1. The highest BCUT2D eigenvalue weighted by Gasteiger charge is 2.32. The summed E-state index contributed by atoms with van der Waals surface area (Å²) in [5, 5.41) is 1.85. The third-order valence-electron chi connectivity index (χ3n) is 3.46. The van der Waals surface area contributed by atoms with Gasteiger partial charge < -0.3 is 10.6 Å². The Bertz CT molecular complexity index is 758. The van der Waals surface area contributed by atoms with Gasteiger partial charge in [0.1, 0.15) is 5.50 Å². The summed E-state index contributed by atoms with van der Waals surface area (Å²) >= 11 is 1.35. The van der Waals surface area contributed by atoms with Crippen molar-refractivity contribution in [2.75, 3.05) is 4.90 Å². The van der Waals surface area contributed by atoms with Gasteiger partial charge in [0.15, 0.2) is 0 Å². The predicted molar refractivity (Wildman–Crippen MR) is 86.4 cm³/mol. The van der Waals surface area contributed by atoms with E-state index in [0.717, 1.165) is 29.0 Å². The number of thioether (sulfide) groups is 1. The average Bonchev–Trinajstić information content (AvgIpc) is 2.88. The molecule has 23 heavy (non-hydrogen) atoms. The molecule has 1 aromatic carbocycles. The average molecular weight is 337 g/mol. The highest BCUT2D eigenvalue weighted by molar-refractivity contribution is 8.03.